The summed E-state index contributed by atoms with van der Waals surface area (Å²) >= 11 is 6.29. The third-order valence-corrected chi connectivity index (χ3v) is 6.76. The fourth-order valence-electron chi connectivity index (χ4n) is 4.73. The first kappa shape index (κ1) is 22.4. The summed E-state index contributed by atoms with van der Waals surface area (Å²) in [5.74, 6) is 3.04. The smallest absolute Gasteiger partial charge is 0.231 e. The molecule has 6 heteroatoms. The summed E-state index contributed by atoms with van der Waals surface area (Å²) in [6.45, 7) is 7.04. The lowest BCUT2D eigenvalue weighted by Gasteiger charge is -2.21. The van der Waals surface area contributed by atoms with Gasteiger partial charge in [-0.2, -0.15) is 0 Å². The van der Waals surface area contributed by atoms with Crippen LogP contribution in [-0.4, -0.2) is 23.3 Å². The molecule has 36 heavy (non-hydrogen) atoms. The van der Waals surface area contributed by atoms with E-state index in [1.54, 1.807) is 6.08 Å². The molecule has 0 N–H and O–H groups in total. The molecule has 0 saturated carbocycles. The number of nitrogens with zero attached hydrogens (tertiary/aromatic N) is 3. The van der Waals surface area contributed by atoms with Gasteiger partial charge in [0.05, 0.1) is 5.52 Å². The Morgan fingerprint density at radius 1 is 1.00 bits per heavy atom. The minimum Gasteiger partial charge on any atom is -0.454 e. The van der Waals surface area contributed by atoms with Crippen molar-refractivity contribution in [3.05, 3.63) is 102 Å². The summed E-state index contributed by atoms with van der Waals surface area (Å²) in [5.41, 5.74) is 6.18. The van der Waals surface area contributed by atoms with E-state index in [2.05, 4.69) is 35.7 Å². The molecule has 0 aliphatic carbocycles. The van der Waals surface area contributed by atoms with E-state index in [0.717, 1.165) is 68.6 Å². The van der Waals surface area contributed by atoms with E-state index < -0.39 is 0 Å². The van der Waals surface area contributed by atoms with Gasteiger partial charge in [0.15, 0.2) is 17.3 Å². The number of halogens is 1. The van der Waals surface area contributed by atoms with Gasteiger partial charge < -0.3 is 14.4 Å². The summed E-state index contributed by atoms with van der Waals surface area (Å²) in [7, 11) is 0. The first-order chi connectivity index (χ1) is 17.6. The van der Waals surface area contributed by atoms with Crippen molar-refractivity contribution in [3.63, 3.8) is 0 Å². The molecule has 2 aliphatic heterocycles. The fraction of sp³-hybridized carbons (Fsp3) is 0.133. The average Bonchev–Trinajstić information content (AvgIpc) is 3.54. The molecule has 0 bridgehead atoms. The van der Waals surface area contributed by atoms with Crippen molar-refractivity contribution in [1.82, 2.24) is 9.97 Å². The molecule has 0 amide bonds. The van der Waals surface area contributed by atoms with E-state index in [-0.39, 0.29) is 6.79 Å². The van der Waals surface area contributed by atoms with Crippen LogP contribution in [0.1, 0.15) is 18.3 Å². The van der Waals surface area contributed by atoms with E-state index in [0.29, 0.717) is 5.82 Å². The maximum Gasteiger partial charge on any atom is 0.231 e. The first-order valence-electron chi connectivity index (χ1n) is 11.9. The number of aromatic nitrogens is 2. The maximum absolute atomic E-state index is 6.29. The molecule has 178 valence electrons. The maximum atomic E-state index is 6.29. The molecule has 4 aromatic rings. The zero-order chi connectivity index (χ0) is 24.6. The van der Waals surface area contributed by atoms with Gasteiger partial charge in [0.2, 0.25) is 6.79 Å². The predicted octanol–water partition coefficient (Wildman–Crippen LogP) is 7.52. The van der Waals surface area contributed by atoms with Gasteiger partial charge in [0.1, 0.15) is 5.82 Å². The fourth-order valence-corrected chi connectivity index (χ4v) is 4.92. The van der Waals surface area contributed by atoms with Gasteiger partial charge in [0.25, 0.3) is 0 Å². The van der Waals surface area contributed by atoms with Crippen molar-refractivity contribution in [3.8, 4) is 22.6 Å². The van der Waals surface area contributed by atoms with Crippen molar-refractivity contribution < 1.29 is 9.47 Å². The summed E-state index contributed by atoms with van der Waals surface area (Å²) in [5, 5.41) is 1.73. The van der Waals surface area contributed by atoms with Crippen LogP contribution in [-0.2, 0) is 6.42 Å². The minimum atomic E-state index is 0.252. The quantitative estimate of drug-likeness (QED) is 0.269. The molecule has 2 aliphatic rings. The molecular formula is C30H24ClN3O2. The van der Waals surface area contributed by atoms with Crippen LogP contribution in [0.2, 0.25) is 5.02 Å². The van der Waals surface area contributed by atoms with E-state index in [1.807, 2.05) is 55.5 Å². The average molecular weight is 494 g/mol. The van der Waals surface area contributed by atoms with Crippen LogP contribution in [0.4, 0.5) is 11.5 Å². The van der Waals surface area contributed by atoms with Crippen LogP contribution in [0.25, 0.3) is 27.6 Å². The van der Waals surface area contributed by atoms with Crippen molar-refractivity contribution in [1.29, 1.82) is 0 Å². The van der Waals surface area contributed by atoms with E-state index in [4.69, 9.17) is 31.0 Å². The molecule has 0 unspecified atom stereocenters. The highest BCUT2D eigenvalue weighted by atomic mass is 35.5. The van der Waals surface area contributed by atoms with E-state index in [9.17, 15) is 0 Å². The molecule has 6 rings (SSSR count). The summed E-state index contributed by atoms with van der Waals surface area (Å²) in [6, 6.07) is 18.4. The highest BCUT2D eigenvalue weighted by Crippen LogP contribution is 2.41. The normalized spacial score (nSPS) is 14.6. The predicted molar refractivity (Wildman–Crippen MR) is 146 cm³/mol. The van der Waals surface area contributed by atoms with Crippen molar-refractivity contribution in [2.45, 2.75) is 13.3 Å². The molecule has 5 nitrogen and oxygen atoms in total. The number of rotatable bonds is 5. The second-order valence-electron chi connectivity index (χ2n) is 8.70. The molecule has 0 radical (unpaired) electrons. The standard InChI is InChI=1S/C30H24ClN3O2/c1-3-5-6-19(4-2)29-32-25-10-7-20(21-8-12-27-28(17-21)36-18-35-27)16-24(25)30(33-29)34-14-13-22-15-23(31)9-11-26(22)34/h3-12,15-17H,2,13-14,18H2,1H3/b5-3-,19-6+. The minimum absolute atomic E-state index is 0.252. The zero-order valence-electron chi connectivity index (χ0n) is 19.9. The van der Waals surface area contributed by atoms with Gasteiger partial charge in [0, 0.05) is 28.2 Å². The summed E-state index contributed by atoms with van der Waals surface area (Å²) in [4.78, 5) is 12.3. The zero-order valence-corrected chi connectivity index (χ0v) is 20.6. The Bertz CT molecular complexity index is 1570. The van der Waals surface area contributed by atoms with Crippen molar-refractivity contribution >= 4 is 39.6 Å². The highest BCUT2D eigenvalue weighted by Gasteiger charge is 2.25. The third kappa shape index (κ3) is 3.91. The van der Waals surface area contributed by atoms with Crippen molar-refractivity contribution in [2.24, 2.45) is 0 Å². The van der Waals surface area contributed by atoms with Gasteiger partial charge in [-0.1, -0.05) is 54.6 Å². The van der Waals surface area contributed by atoms with E-state index in [1.165, 1.54) is 5.56 Å². The Labute approximate surface area is 215 Å². The Kier molecular flexibility index (Phi) is 5.70. The van der Waals surface area contributed by atoms with Gasteiger partial charge >= 0.3 is 0 Å². The van der Waals surface area contributed by atoms with Crippen molar-refractivity contribution in [2.75, 3.05) is 18.2 Å². The number of fused-ring (bicyclic) bond motifs is 3. The SMILES string of the molecule is C=C/C(=C\C=C/C)c1nc(N2CCc3cc(Cl)ccc32)c2cc(-c3ccc4c(c3)OCO4)ccc2n1. The molecule has 0 spiro atoms. The van der Waals surface area contributed by atoms with Gasteiger partial charge in [-0.3, -0.25) is 0 Å². The second-order valence-corrected chi connectivity index (χ2v) is 9.13. The number of benzene rings is 3. The van der Waals surface area contributed by atoms with E-state index >= 15 is 0 Å². The molecular weight excluding hydrogens is 470 g/mol. The van der Waals surface area contributed by atoms with Gasteiger partial charge in [-0.15, -0.1) is 0 Å². The molecule has 3 aromatic carbocycles. The third-order valence-electron chi connectivity index (χ3n) is 6.52. The lowest BCUT2D eigenvalue weighted by atomic mass is 10.0. The molecule has 0 saturated heterocycles. The van der Waals surface area contributed by atoms with Gasteiger partial charge in [-0.25, -0.2) is 9.97 Å². The topological polar surface area (TPSA) is 47.5 Å². The number of allylic oxidation sites excluding steroid dienone is 5. The number of hydrogen-bond acceptors (Lipinski definition) is 5. The van der Waals surface area contributed by atoms with Crippen LogP contribution in [0.3, 0.4) is 0 Å². The number of hydrogen-bond donors (Lipinski definition) is 0. The molecule has 0 fully saturated rings. The van der Waals surface area contributed by atoms with Crippen LogP contribution in [0.15, 0.2) is 85.5 Å². The Morgan fingerprint density at radius 3 is 2.69 bits per heavy atom. The van der Waals surface area contributed by atoms with Crippen LogP contribution in [0.5, 0.6) is 11.5 Å². The lowest BCUT2D eigenvalue weighted by molar-refractivity contribution is 0.174. The van der Waals surface area contributed by atoms with Crippen LogP contribution in [0, 0.1) is 0 Å². The molecule has 0 atom stereocenters. The Morgan fingerprint density at radius 2 is 1.83 bits per heavy atom. The Hall–Kier alpha value is -4.09. The molecule has 3 heterocycles. The first-order valence-corrected chi connectivity index (χ1v) is 12.3. The van der Waals surface area contributed by atoms with Gasteiger partial charge in [-0.05, 0) is 72.5 Å². The number of anilines is 2. The lowest BCUT2D eigenvalue weighted by Crippen LogP contribution is -2.16. The van der Waals surface area contributed by atoms with Crippen LogP contribution >= 0.6 is 11.6 Å². The monoisotopic (exact) mass is 493 g/mol. The molecule has 1 aromatic heterocycles. The number of ether oxygens (including phenoxy) is 2. The summed E-state index contributed by atoms with van der Waals surface area (Å²) < 4.78 is 11.1. The summed E-state index contributed by atoms with van der Waals surface area (Å²) in [6.07, 6.45) is 8.63. The largest absolute Gasteiger partial charge is 0.454 e. The van der Waals surface area contributed by atoms with Crippen LogP contribution < -0.4 is 14.4 Å². The Balaban J connectivity index is 1.55. The highest BCUT2D eigenvalue weighted by molar-refractivity contribution is 6.30. The second kappa shape index (κ2) is 9.17.